The molecule has 2 N–H and O–H groups in total. The van der Waals surface area contributed by atoms with Gasteiger partial charge in [-0.05, 0) is 34.2 Å². The Morgan fingerprint density at radius 2 is 1.33 bits per heavy atom. The molecule has 0 radical (unpaired) electrons. The van der Waals surface area contributed by atoms with E-state index in [4.69, 9.17) is 0 Å². The maximum absolute atomic E-state index is 13.0. The fourth-order valence-corrected chi connectivity index (χ4v) is 4.29. The van der Waals surface area contributed by atoms with Crippen molar-refractivity contribution in [2.45, 2.75) is 32.1 Å². The summed E-state index contributed by atoms with van der Waals surface area (Å²) in [4.78, 5) is 25.6. The molecule has 0 fully saturated rings. The van der Waals surface area contributed by atoms with E-state index in [-0.39, 0.29) is 17.2 Å². The molecule has 5 heteroatoms. The average Bonchev–Trinajstić information content (AvgIpc) is 2.73. The number of halogens is 1. The van der Waals surface area contributed by atoms with Crippen LogP contribution in [0.15, 0.2) is 83.3 Å². The molecule has 0 aliphatic heterocycles. The summed E-state index contributed by atoms with van der Waals surface area (Å²) in [6.45, 7) is 6.33. The van der Waals surface area contributed by atoms with Crippen molar-refractivity contribution in [1.82, 2.24) is 10.9 Å². The fraction of sp³-hybridized carbons (Fsp3) is 0.200. The van der Waals surface area contributed by atoms with Crippen molar-refractivity contribution in [3.05, 3.63) is 106 Å². The highest BCUT2D eigenvalue weighted by Crippen LogP contribution is 2.30. The van der Waals surface area contributed by atoms with E-state index in [9.17, 15) is 9.59 Å². The summed E-state index contributed by atoms with van der Waals surface area (Å²) in [5.41, 5.74) is 8.37. The van der Waals surface area contributed by atoms with Crippen molar-refractivity contribution in [2.24, 2.45) is 0 Å². The zero-order valence-corrected chi connectivity index (χ0v) is 18.9. The smallest absolute Gasteiger partial charge is 0.269 e. The average molecular weight is 465 g/mol. The van der Waals surface area contributed by atoms with Crippen molar-refractivity contribution in [3.8, 4) is 0 Å². The number of hydrogen-bond acceptors (Lipinski definition) is 2. The van der Waals surface area contributed by atoms with Crippen LogP contribution in [0.25, 0.3) is 0 Å². The van der Waals surface area contributed by atoms with E-state index in [0.29, 0.717) is 5.56 Å². The Morgan fingerprint density at radius 1 is 0.800 bits per heavy atom. The molecule has 0 aliphatic rings. The van der Waals surface area contributed by atoms with E-state index in [2.05, 4.69) is 47.6 Å². The van der Waals surface area contributed by atoms with Gasteiger partial charge in [0.2, 0.25) is 5.91 Å². The largest absolute Gasteiger partial charge is 0.272 e. The Kier molecular flexibility index (Phi) is 6.73. The number of rotatable bonds is 4. The zero-order chi connectivity index (χ0) is 21.7. The van der Waals surface area contributed by atoms with Gasteiger partial charge in [0.25, 0.3) is 5.91 Å². The first-order valence-corrected chi connectivity index (χ1v) is 10.6. The lowest BCUT2D eigenvalue weighted by Crippen LogP contribution is -2.44. The lowest BCUT2D eigenvalue weighted by Gasteiger charge is -2.21. The second kappa shape index (κ2) is 9.26. The Morgan fingerprint density at radius 3 is 1.80 bits per heavy atom. The molecule has 0 aliphatic carbocycles. The van der Waals surface area contributed by atoms with Crippen LogP contribution in [-0.4, -0.2) is 11.8 Å². The molecule has 0 unspecified atom stereocenters. The predicted molar refractivity (Wildman–Crippen MR) is 123 cm³/mol. The molecule has 0 saturated carbocycles. The molecule has 3 rings (SSSR count). The molecular weight excluding hydrogens is 440 g/mol. The van der Waals surface area contributed by atoms with E-state index in [1.54, 1.807) is 12.1 Å². The van der Waals surface area contributed by atoms with Crippen molar-refractivity contribution < 1.29 is 9.59 Å². The molecule has 0 atom stereocenters. The summed E-state index contributed by atoms with van der Waals surface area (Å²) in [6, 6.07) is 24.5. The van der Waals surface area contributed by atoms with Gasteiger partial charge >= 0.3 is 0 Å². The van der Waals surface area contributed by atoms with Gasteiger partial charge in [-0.2, -0.15) is 0 Å². The SMILES string of the molecule is CC(C)(C)c1ccc(C(=O)NNC(=O)C(c2ccccc2)c2ccccc2)cc1Br. The lowest BCUT2D eigenvalue weighted by molar-refractivity contribution is -0.122. The Bertz CT molecular complexity index is 989. The van der Waals surface area contributed by atoms with Crippen molar-refractivity contribution >= 4 is 27.7 Å². The molecule has 0 heterocycles. The highest BCUT2D eigenvalue weighted by atomic mass is 79.9. The topological polar surface area (TPSA) is 58.2 Å². The number of benzene rings is 3. The van der Waals surface area contributed by atoms with Gasteiger partial charge < -0.3 is 0 Å². The zero-order valence-electron chi connectivity index (χ0n) is 17.3. The maximum atomic E-state index is 13.0. The minimum absolute atomic E-state index is 0.0410. The molecule has 4 nitrogen and oxygen atoms in total. The maximum Gasteiger partial charge on any atom is 0.269 e. The highest BCUT2D eigenvalue weighted by molar-refractivity contribution is 9.10. The third kappa shape index (κ3) is 5.16. The molecule has 0 aromatic heterocycles. The van der Waals surface area contributed by atoms with Crippen LogP contribution in [0.4, 0.5) is 0 Å². The highest BCUT2D eigenvalue weighted by Gasteiger charge is 2.23. The number of nitrogens with one attached hydrogen (secondary N) is 2. The van der Waals surface area contributed by atoms with E-state index >= 15 is 0 Å². The third-order valence-electron chi connectivity index (χ3n) is 4.87. The van der Waals surface area contributed by atoms with E-state index in [1.165, 1.54) is 0 Å². The molecule has 2 amide bonds. The van der Waals surface area contributed by atoms with Gasteiger partial charge in [0.15, 0.2) is 0 Å². The molecule has 0 spiro atoms. The second-order valence-electron chi connectivity index (χ2n) is 8.14. The number of carbonyl (C=O) groups excluding carboxylic acids is 2. The van der Waals surface area contributed by atoms with Gasteiger partial charge in [-0.1, -0.05) is 103 Å². The van der Waals surface area contributed by atoms with Gasteiger partial charge in [-0.25, -0.2) is 0 Å². The van der Waals surface area contributed by atoms with Gasteiger partial charge in [0.05, 0.1) is 5.92 Å². The standard InChI is InChI=1S/C25H25BrN2O2/c1-25(2,3)20-15-14-19(16-21(20)26)23(29)27-28-24(30)22(17-10-6-4-7-11-17)18-12-8-5-9-13-18/h4-16,22H,1-3H3,(H,27,29)(H,28,30). The summed E-state index contributed by atoms with van der Waals surface area (Å²) < 4.78 is 0.862. The molecule has 30 heavy (non-hydrogen) atoms. The Hall–Kier alpha value is -2.92. The van der Waals surface area contributed by atoms with Crippen molar-refractivity contribution in [3.63, 3.8) is 0 Å². The van der Waals surface area contributed by atoms with E-state index in [1.807, 2.05) is 66.7 Å². The first kappa shape index (κ1) is 21.8. The molecule has 0 saturated heterocycles. The number of hydrazine groups is 1. The van der Waals surface area contributed by atoms with Gasteiger partial charge in [0.1, 0.15) is 0 Å². The molecule has 154 valence electrons. The first-order chi connectivity index (χ1) is 14.3. The second-order valence-corrected chi connectivity index (χ2v) is 9.00. The van der Waals surface area contributed by atoms with Gasteiger partial charge in [-0.3, -0.25) is 20.4 Å². The van der Waals surface area contributed by atoms with Crippen LogP contribution in [-0.2, 0) is 10.2 Å². The van der Waals surface area contributed by atoms with Crippen LogP contribution in [0.1, 0.15) is 53.7 Å². The van der Waals surface area contributed by atoms with Crippen LogP contribution in [0.3, 0.4) is 0 Å². The summed E-state index contributed by atoms with van der Waals surface area (Å²) in [5, 5.41) is 0. The van der Waals surface area contributed by atoms with Gasteiger partial charge in [-0.15, -0.1) is 0 Å². The number of hydrogen-bond donors (Lipinski definition) is 2. The Labute approximate surface area is 185 Å². The monoisotopic (exact) mass is 464 g/mol. The van der Waals surface area contributed by atoms with Crippen LogP contribution < -0.4 is 10.9 Å². The lowest BCUT2D eigenvalue weighted by atomic mass is 9.86. The molecular formula is C25H25BrN2O2. The van der Waals surface area contributed by atoms with Crippen LogP contribution in [0.2, 0.25) is 0 Å². The number of carbonyl (C=O) groups is 2. The normalized spacial score (nSPS) is 11.2. The van der Waals surface area contributed by atoms with Crippen molar-refractivity contribution in [1.29, 1.82) is 0 Å². The number of amides is 2. The molecule has 3 aromatic rings. The predicted octanol–water partition coefficient (Wildman–Crippen LogP) is 5.34. The summed E-state index contributed by atoms with van der Waals surface area (Å²) in [5.74, 6) is -1.20. The van der Waals surface area contributed by atoms with Gasteiger partial charge in [0, 0.05) is 10.0 Å². The van der Waals surface area contributed by atoms with Crippen LogP contribution >= 0.6 is 15.9 Å². The summed E-state index contributed by atoms with van der Waals surface area (Å²) in [6.07, 6.45) is 0. The fourth-order valence-electron chi connectivity index (χ4n) is 3.31. The first-order valence-electron chi connectivity index (χ1n) is 9.77. The Balaban J connectivity index is 1.76. The summed E-state index contributed by atoms with van der Waals surface area (Å²) in [7, 11) is 0. The van der Waals surface area contributed by atoms with Crippen LogP contribution in [0.5, 0.6) is 0 Å². The quantitative estimate of drug-likeness (QED) is 0.511. The van der Waals surface area contributed by atoms with Crippen LogP contribution in [0, 0.1) is 0 Å². The minimum atomic E-state index is -0.525. The minimum Gasteiger partial charge on any atom is -0.272 e. The molecule has 0 bridgehead atoms. The van der Waals surface area contributed by atoms with Crippen molar-refractivity contribution in [2.75, 3.05) is 0 Å². The summed E-state index contributed by atoms with van der Waals surface area (Å²) >= 11 is 3.55. The third-order valence-corrected chi connectivity index (χ3v) is 5.52. The van der Waals surface area contributed by atoms with E-state index in [0.717, 1.165) is 21.2 Å². The van der Waals surface area contributed by atoms with E-state index < -0.39 is 5.92 Å². The molecule has 3 aromatic carbocycles.